The Kier molecular flexibility index (Phi) is 7.03. The predicted molar refractivity (Wildman–Crippen MR) is 118 cm³/mol. The summed E-state index contributed by atoms with van der Waals surface area (Å²) in [5, 5.41) is 2.07. The molecule has 3 nitrogen and oxygen atoms in total. The number of rotatable bonds is 3. The van der Waals surface area contributed by atoms with Crippen LogP contribution in [0.3, 0.4) is 0 Å². The molecule has 1 heterocycles. The molecule has 0 amide bonds. The molecule has 0 bridgehead atoms. The number of fused-ring (bicyclic) bond motifs is 1. The molecular weight excluding hydrogens is 421 g/mol. The van der Waals surface area contributed by atoms with Crippen LogP contribution < -0.4 is 15.1 Å². The third-order valence-electron chi connectivity index (χ3n) is 4.83. The molecule has 1 aromatic heterocycles. The molecule has 32 heavy (non-hydrogen) atoms. The Morgan fingerprint density at radius 3 is 2.09 bits per heavy atom. The first-order valence-electron chi connectivity index (χ1n) is 9.86. The van der Waals surface area contributed by atoms with Gasteiger partial charge in [0.1, 0.15) is 17.1 Å². The first-order valence-corrected chi connectivity index (χ1v) is 9.86. The first-order chi connectivity index (χ1) is 15.1. The predicted octanol–water partition coefficient (Wildman–Crippen LogP) is 5.34. The normalized spacial score (nSPS) is 11.8. The van der Waals surface area contributed by atoms with E-state index >= 15 is 0 Å². The first kappa shape index (κ1) is 23.1. The van der Waals surface area contributed by atoms with Crippen LogP contribution >= 0.6 is 0 Å². The highest BCUT2D eigenvalue weighted by Gasteiger charge is 2.20. The summed E-state index contributed by atoms with van der Waals surface area (Å²) in [5.41, 5.74) is 5.46. The average molecular weight is 443 g/mol. The minimum atomic E-state index is -6.00. The van der Waals surface area contributed by atoms with Crippen LogP contribution in [0.1, 0.15) is 11.1 Å². The van der Waals surface area contributed by atoms with Gasteiger partial charge in [-0.25, -0.2) is 4.99 Å². The number of hydrogen-bond donors (Lipinski definition) is 1. The van der Waals surface area contributed by atoms with Crippen molar-refractivity contribution in [3.63, 3.8) is 0 Å². The zero-order valence-electron chi connectivity index (χ0n) is 17.8. The Balaban J connectivity index is 0.000000523. The summed E-state index contributed by atoms with van der Waals surface area (Å²) in [6.07, 6.45) is 0. The second kappa shape index (κ2) is 9.72. The molecule has 4 rings (SSSR count). The molecule has 0 radical (unpaired) electrons. The Labute approximate surface area is 183 Å². The largest absolute Gasteiger partial charge is 0.673 e. The molecule has 8 heteroatoms. The van der Waals surface area contributed by atoms with Gasteiger partial charge in [-0.05, 0) is 61.4 Å². The van der Waals surface area contributed by atoms with Crippen molar-refractivity contribution >= 4 is 23.9 Å². The molecule has 0 aliphatic carbocycles. The van der Waals surface area contributed by atoms with Gasteiger partial charge in [0, 0.05) is 17.7 Å². The summed E-state index contributed by atoms with van der Waals surface area (Å²) in [7, 11) is -4.33. The SMILES string of the molecule is COc1ccc(-c2cc(=[NH+]c3ccc(C)c(C)c3)c3ccccc3o2)cc1.F[B-](F)(F)F. The van der Waals surface area contributed by atoms with Crippen LogP contribution in [0.25, 0.3) is 22.3 Å². The van der Waals surface area contributed by atoms with E-state index in [4.69, 9.17) is 9.15 Å². The monoisotopic (exact) mass is 443 g/mol. The summed E-state index contributed by atoms with van der Waals surface area (Å²) in [4.78, 5) is 3.56. The number of benzene rings is 3. The van der Waals surface area contributed by atoms with Crippen molar-refractivity contribution in [3.05, 3.63) is 89.3 Å². The third kappa shape index (κ3) is 6.23. The van der Waals surface area contributed by atoms with E-state index in [1.54, 1.807) is 7.11 Å². The number of hydrogen-bond acceptors (Lipinski definition) is 2. The fourth-order valence-electron chi connectivity index (χ4n) is 3.11. The summed E-state index contributed by atoms with van der Waals surface area (Å²) in [6, 6.07) is 24.4. The van der Waals surface area contributed by atoms with Gasteiger partial charge in [0.25, 0.3) is 0 Å². The highest BCUT2D eigenvalue weighted by Crippen LogP contribution is 2.24. The quantitative estimate of drug-likeness (QED) is 0.343. The highest BCUT2D eigenvalue weighted by molar-refractivity contribution is 6.50. The smallest absolute Gasteiger partial charge is 0.497 e. The topological polar surface area (TPSA) is 36.3 Å². The highest BCUT2D eigenvalue weighted by atomic mass is 19.5. The molecular formula is C24H22BF4NO2. The number of para-hydroxylation sites is 1. The zero-order valence-corrected chi connectivity index (χ0v) is 17.8. The maximum atomic E-state index is 9.75. The maximum Gasteiger partial charge on any atom is 0.673 e. The van der Waals surface area contributed by atoms with Crippen molar-refractivity contribution < 1.29 is 31.4 Å². The van der Waals surface area contributed by atoms with Gasteiger partial charge in [0.15, 0.2) is 0 Å². The summed E-state index contributed by atoms with van der Waals surface area (Å²) in [5.74, 6) is 1.63. The van der Waals surface area contributed by atoms with Gasteiger partial charge in [-0.3, -0.25) is 0 Å². The van der Waals surface area contributed by atoms with Crippen LogP contribution in [-0.4, -0.2) is 14.4 Å². The van der Waals surface area contributed by atoms with Crippen LogP contribution in [0, 0.1) is 13.8 Å². The molecule has 1 N–H and O–H groups in total. The number of ether oxygens (including phenoxy) is 1. The molecule has 166 valence electrons. The minimum Gasteiger partial charge on any atom is -0.497 e. The Morgan fingerprint density at radius 1 is 0.812 bits per heavy atom. The third-order valence-corrected chi connectivity index (χ3v) is 4.83. The van der Waals surface area contributed by atoms with Gasteiger partial charge >= 0.3 is 7.25 Å². The lowest BCUT2D eigenvalue weighted by Gasteiger charge is -2.04. The number of halogens is 4. The van der Waals surface area contributed by atoms with E-state index in [1.807, 2.05) is 42.5 Å². The molecule has 3 aromatic carbocycles. The minimum absolute atomic E-state index is 0.808. The van der Waals surface area contributed by atoms with E-state index in [0.717, 1.165) is 39.1 Å². The molecule has 0 fully saturated rings. The fourth-order valence-corrected chi connectivity index (χ4v) is 3.11. The lowest BCUT2D eigenvalue weighted by molar-refractivity contribution is -0.400. The fraction of sp³-hybridized carbons (Fsp3) is 0.125. The molecule has 0 aliphatic rings. The standard InChI is InChI=1S/C24H21NO2.BF4/c1-16-8-11-19(14-17(16)2)25-22-15-24(18-9-12-20(26-3)13-10-18)27-23-7-5-4-6-21(22)23;2-1(3,4)5/h4-15H,1-3H3;/q;-1/p+1. The van der Waals surface area contributed by atoms with E-state index in [1.165, 1.54) is 11.1 Å². The summed E-state index contributed by atoms with van der Waals surface area (Å²) >= 11 is 0. The Morgan fingerprint density at radius 2 is 1.47 bits per heavy atom. The maximum absolute atomic E-state index is 9.75. The molecule has 0 atom stereocenters. The zero-order chi connectivity index (χ0) is 23.3. The molecule has 0 spiro atoms. The molecule has 0 saturated carbocycles. The van der Waals surface area contributed by atoms with Crippen molar-refractivity contribution in [2.24, 2.45) is 0 Å². The van der Waals surface area contributed by atoms with E-state index in [0.29, 0.717) is 0 Å². The van der Waals surface area contributed by atoms with Crippen LogP contribution in [-0.2, 0) is 0 Å². The second-order valence-electron chi connectivity index (χ2n) is 7.17. The van der Waals surface area contributed by atoms with Crippen LogP contribution in [0.15, 0.2) is 77.2 Å². The van der Waals surface area contributed by atoms with E-state index in [2.05, 4.69) is 49.2 Å². The van der Waals surface area contributed by atoms with E-state index < -0.39 is 7.25 Å². The molecule has 0 saturated heterocycles. The Hall–Kier alpha value is -3.55. The van der Waals surface area contributed by atoms with E-state index in [9.17, 15) is 17.3 Å². The van der Waals surface area contributed by atoms with Crippen molar-refractivity contribution in [2.75, 3.05) is 7.11 Å². The van der Waals surface area contributed by atoms with Crippen molar-refractivity contribution in [2.45, 2.75) is 13.8 Å². The number of methoxy groups -OCH3 is 1. The summed E-state index contributed by atoms with van der Waals surface area (Å²) in [6.45, 7) is 4.25. The van der Waals surface area contributed by atoms with Gasteiger partial charge in [-0.15, -0.1) is 0 Å². The van der Waals surface area contributed by atoms with Crippen LogP contribution in [0.2, 0.25) is 0 Å². The molecule has 0 aliphatic heterocycles. The molecule has 0 unspecified atom stereocenters. The van der Waals surface area contributed by atoms with E-state index in [-0.39, 0.29) is 0 Å². The van der Waals surface area contributed by atoms with Crippen molar-refractivity contribution in [3.8, 4) is 17.1 Å². The van der Waals surface area contributed by atoms with Gasteiger partial charge in [-0.1, -0.05) is 18.2 Å². The lowest BCUT2D eigenvalue weighted by Crippen LogP contribution is -2.70. The van der Waals surface area contributed by atoms with Gasteiger partial charge < -0.3 is 26.4 Å². The average Bonchev–Trinajstić information content (AvgIpc) is 2.75. The molecule has 4 aromatic rings. The Bertz CT molecular complexity index is 1280. The van der Waals surface area contributed by atoms with Gasteiger partial charge in [0.05, 0.1) is 18.6 Å². The van der Waals surface area contributed by atoms with Gasteiger partial charge in [-0.2, -0.15) is 0 Å². The van der Waals surface area contributed by atoms with Crippen LogP contribution in [0.5, 0.6) is 5.75 Å². The number of aryl methyl sites for hydroxylation is 2. The summed E-state index contributed by atoms with van der Waals surface area (Å²) < 4.78 is 50.4. The van der Waals surface area contributed by atoms with Crippen LogP contribution in [0.4, 0.5) is 23.0 Å². The number of nitrogens with one attached hydrogen (secondary N) is 1. The second-order valence-corrected chi connectivity index (χ2v) is 7.17. The van der Waals surface area contributed by atoms with Crippen molar-refractivity contribution in [1.82, 2.24) is 0 Å². The van der Waals surface area contributed by atoms with Gasteiger partial charge in [0.2, 0.25) is 11.0 Å². The van der Waals surface area contributed by atoms with Crippen molar-refractivity contribution in [1.29, 1.82) is 0 Å². The lowest BCUT2D eigenvalue weighted by atomic mass is 10.1.